The van der Waals surface area contributed by atoms with E-state index in [9.17, 15) is 4.79 Å². The van der Waals surface area contributed by atoms with Gasteiger partial charge in [0.25, 0.3) is 5.91 Å². The van der Waals surface area contributed by atoms with Crippen molar-refractivity contribution >= 4 is 11.6 Å². The van der Waals surface area contributed by atoms with E-state index in [4.69, 9.17) is 4.74 Å². The van der Waals surface area contributed by atoms with Crippen LogP contribution in [0.3, 0.4) is 0 Å². The van der Waals surface area contributed by atoms with Crippen molar-refractivity contribution in [3.63, 3.8) is 0 Å². The molecule has 1 heterocycles. The van der Waals surface area contributed by atoms with E-state index in [1.165, 1.54) is 0 Å². The minimum Gasteiger partial charge on any atom is -0.483 e. The van der Waals surface area contributed by atoms with Gasteiger partial charge in [0, 0.05) is 18.0 Å². The predicted octanol–water partition coefficient (Wildman–Crippen LogP) is 2.62. The van der Waals surface area contributed by atoms with E-state index in [1.54, 1.807) is 12.4 Å². The third-order valence-corrected chi connectivity index (χ3v) is 3.13. The van der Waals surface area contributed by atoms with Crippen LogP contribution in [-0.2, 0) is 4.79 Å². The molecule has 0 atom stereocenters. The number of pyridine rings is 1. The zero-order valence-electron chi connectivity index (χ0n) is 13.0. The van der Waals surface area contributed by atoms with Gasteiger partial charge >= 0.3 is 0 Å². The molecule has 0 aliphatic heterocycles. The van der Waals surface area contributed by atoms with Crippen molar-refractivity contribution in [2.24, 2.45) is 5.10 Å². The maximum Gasteiger partial charge on any atom is 0.277 e. The van der Waals surface area contributed by atoms with Gasteiger partial charge in [-0.15, -0.1) is 0 Å². The van der Waals surface area contributed by atoms with Gasteiger partial charge in [-0.2, -0.15) is 5.10 Å². The summed E-state index contributed by atoms with van der Waals surface area (Å²) >= 11 is 0. The highest BCUT2D eigenvalue weighted by Gasteiger charge is 2.05. The lowest BCUT2D eigenvalue weighted by Gasteiger charge is -2.09. The molecule has 1 aromatic carbocycles. The molecule has 0 aliphatic carbocycles. The Balaban J connectivity index is 1.89. The van der Waals surface area contributed by atoms with Crippen molar-refractivity contribution in [1.82, 2.24) is 10.4 Å². The Kier molecular flexibility index (Phi) is 5.25. The molecule has 1 N–H and O–H groups in total. The Morgan fingerprint density at radius 2 is 2.14 bits per heavy atom. The average molecular weight is 297 g/mol. The lowest BCUT2D eigenvalue weighted by atomic mass is 10.1. The molecule has 114 valence electrons. The van der Waals surface area contributed by atoms with Crippen molar-refractivity contribution < 1.29 is 9.53 Å². The quantitative estimate of drug-likeness (QED) is 0.681. The number of aromatic nitrogens is 1. The molecule has 0 bridgehead atoms. The summed E-state index contributed by atoms with van der Waals surface area (Å²) in [5, 5.41) is 4.04. The number of nitrogens with one attached hydrogen (secondary N) is 1. The first-order valence-corrected chi connectivity index (χ1v) is 7.00. The van der Waals surface area contributed by atoms with Crippen LogP contribution in [-0.4, -0.2) is 23.2 Å². The number of nitrogens with zero attached hydrogens (tertiary/aromatic N) is 2. The lowest BCUT2D eigenvalue weighted by Crippen LogP contribution is -2.25. The van der Waals surface area contributed by atoms with Crippen LogP contribution in [0.5, 0.6) is 5.75 Å². The number of hydrazone groups is 1. The topological polar surface area (TPSA) is 63.6 Å². The number of hydrogen-bond acceptors (Lipinski definition) is 4. The Morgan fingerprint density at radius 1 is 1.32 bits per heavy atom. The van der Waals surface area contributed by atoms with Crippen LogP contribution in [0, 0.1) is 13.8 Å². The molecular formula is C17H19N3O2. The molecule has 2 rings (SSSR count). The van der Waals surface area contributed by atoms with Crippen LogP contribution in [0.2, 0.25) is 0 Å². The fourth-order valence-corrected chi connectivity index (χ4v) is 1.83. The van der Waals surface area contributed by atoms with E-state index in [2.05, 4.69) is 15.5 Å². The number of hydrogen-bond donors (Lipinski definition) is 1. The van der Waals surface area contributed by atoms with E-state index < -0.39 is 0 Å². The highest BCUT2D eigenvalue weighted by molar-refractivity contribution is 5.98. The van der Waals surface area contributed by atoms with Gasteiger partial charge in [-0.25, -0.2) is 5.43 Å². The van der Waals surface area contributed by atoms with E-state index >= 15 is 0 Å². The maximum atomic E-state index is 11.8. The van der Waals surface area contributed by atoms with Crippen LogP contribution in [0.25, 0.3) is 0 Å². The molecule has 0 saturated carbocycles. The molecule has 0 spiro atoms. The molecule has 1 aromatic heterocycles. The van der Waals surface area contributed by atoms with E-state index in [-0.39, 0.29) is 12.5 Å². The Bertz CT molecular complexity index is 682. The maximum absolute atomic E-state index is 11.8. The van der Waals surface area contributed by atoms with E-state index in [0.717, 1.165) is 16.7 Å². The smallest absolute Gasteiger partial charge is 0.277 e. The second-order valence-electron chi connectivity index (χ2n) is 5.03. The van der Waals surface area contributed by atoms with Gasteiger partial charge in [0.05, 0.1) is 5.71 Å². The zero-order valence-corrected chi connectivity index (χ0v) is 13.0. The summed E-state index contributed by atoms with van der Waals surface area (Å²) in [5.74, 6) is 0.409. The Labute approximate surface area is 130 Å². The van der Waals surface area contributed by atoms with Crippen molar-refractivity contribution in [2.75, 3.05) is 6.61 Å². The second kappa shape index (κ2) is 7.36. The van der Waals surface area contributed by atoms with Gasteiger partial charge in [-0.1, -0.05) is 18.2 Å². The summed E-state index contributed by atoms with van der Waals surface area (Å²) in [7, 11) is 0. The molecule has 1 amide bonds. The third kappa shape index (κ3) is 4.41. The van der Waals surface area contributed by atoms with Gasteiger partial charge in [0.2, 0.25) is 0 Å². The van der Waals surface area contributed by atoms with Crippen LogP contribution < -0.4 is 10.2 Å². The number of rotatable bonds is 5. The van der Waals surface area contributed by atoms with Gasteiger partial charge < -0.3 is 4.74 Å². The number of carbonyl (C=O) groups is 1. The molecule has 0 fully saturated rings. The fourth-order valence-electron chi connectivity index (χ4n) is 1.83. The second-order valence-corrected chi connectivity index (χ2v) is 5.03. The van der Waals surface area contributed by atoms with Crippen molar-refractivity contribution in [2.45, 2.75) is 20.8 Å². The summed E-state index contributed by atoms with van der Waals surface area (Å²) in [4.78, 5) is 15.8. The molecule has 5 nitrogen and oxygen atoms in total. The van der Waals surface area contributed by atoms with Crippen LogP contribution in [0.1, 0.15) is 23.6 Å². The Hall–Kier alpha value is -2.69. The number of carbonyl (C=O) groups excluding carboxylic acids is 1. The number of benzene rings is 1. The van der Waals surface area contributed by atoms with Gasteiger partial charge in [-0.3, -0.25) is 9.78 Å². The first-order chi connectivity index (χ1) is 10.6. The summed E-state index contributed by atoms with van der Waals surface area (Å²) in [6, 6.07) is 9.58. The van der Waals surface area contributed by atoms with Crippen LogP contribution in [0.4, 0.5) is 0 Å². The predicted molar refractivity (Wildman–Crippen MR) is 86.0 cm³/mol. The molecule has 0 saturated heterocycles. The highest BCUT2D eigenvalue weighted by atomic mass is 16.5. The van der Waals surface area contributed by atoms with Crippen LogP contribution >= 0.6 is 0 Å². The van der Waals surface area contributed by atoms with Gasteiger partial charge in [0.1, 0.15) is 5.75 Å². The molecule has 0 radical (unpaired) electrons. The third-order valence-electron chi connectivity index (χ3n) is 3.13. The minimum atomic E-state index is -0.302. The summed E-state index contributed by atoms with van der Waals surface area (Å²) in [6.07, 6.45) is 3.38. The Morgan fingerprint density at radius 3 is 2.86 bits per heavy atom. The largest absolute Gasteiger partial charge is 0.483 e. The highest BCUT2D eigenvalue weighted by Crippen LogP contribution is 2.18. The number of amides is 1. The van der Waals surface area contributed by atoms with E-state index in [0.29, 0.717) is 11.5 Å². The SMILES string of the molecule is CC(=NNC(=O)COc1cc(C)ccc1C)c1cccnc1. The summed E-state index contributed by atoms with van der Waals surface area (Å²) in [5.41, 5.74) is 6.11. The molecule has 22 heavy (non-hydrogen) atoms. The van der Waals surface area contributed by atoms with Gasteiger partial charge in [0.15, 0.2) is 6.61 Å². The molecular weight excluding hydrogens is 278 g/mol. The monoisotopic (exact) mass is 297 g/mol. The molecule has 2 aromatic rings. The first-order valence-electron chi connectivity index (χ1n) is 7.00. The van der Waals surface area contributed by atoms with Gasteiger partial charge in [-0.05, 0) is 44.0 Å². The number of ether oxygens (including phenoxy) is 1. The normalized spacial score (nSPS) is 11.1. The molecule has 5 heteroatoms. The van der Waals surface area contributed by atoms with Crippen molar-refractivity contribution in [3.8, 4) is 5.75 Å². The first kappa shape index (κ1) is 15.7. The fraction of sp³-hybridized carbons (Fsp3) is 0.235. The summed E-state index contributed by atoms with van der Waals surface area (Å²) in [6.45, 7) is 5.66. The van der Waals surface area contributed by atoms with Crippen molar-refractivity contribution in [1.29, 1.82) is 0 Å². The molecule has 0 unspecified atom stereocenters. The molecule has 0 aliphatic rings. The number of aryl methyl sites for hydroxylation is 2. The van der Waals surface area contributed by atoms with Crippen molar-refractivity contribution in [3.05, 3.63) is 59.4 Å². The average Bonchev–Trinajstić information content (AvgIpc) is 2.54. The standard InChI is InChI=1S/C17H19N3O2/c1-12-6-7-13(2)16(9-12)22-11-17(21)20-19-14(3)15-5-4-8-18-10-15/h4-10H,11H2,1-3H3,(H,20,21). The lowest BCUT2D eigenvalue weighted by molar-refractivity contribution is -0.123. The van der Waals surface area contributed by atoms with Crippen LogP contribution in [0.15, 0.2) is 47.8 Å². The minimum absolute atomic E-state index is 0.0753. The summed E-state index contributed by atoms with van der Waals surface area (Å²) < 4.78 is 5.52. The zero-order chi connectivity index (χ0) is 15.9. The van der Waals surface area contributed by atoms with E-state index in [1.807, 2.05) is 51.1 Å².